The van der Waals surface area contributed by atoms with Crippen LogP contribution < -0.4 is 10.2 Å². The standard InChI is InChI=1S/C25H33N3O3/c1-17-6-5-14-27(16-17)20-11-9-19(10-12-20)18(2)26-23(29)13-15-28-24(30)21-7-3-4-8-22(21)25(28)31/h3-4,9-12,17-18,21-22H,5-8,13-16H2,1-2H3,(H,26,29)/t17-,18+,21-,22+/m0/s1. The Morgan fingerprint density at radius 2 is 1.74 bits per heavy atom. The van der Waals surface area contributed by atoms with Crippen LogP contribution in [-0.4, -0.2) is 42.3 Å². The molecule has 6 heteroatoms. The molecule has 1 aliphatic carbocycles. The zero-order chi connectivity index (χ0) is 22.0. The maximum atomic E-state index is 12.5. The van der Waals surface area contributed by atoms with Crippen LogP contribution in [0.1, 0.15) is 57.6 Å². The lowest BCUT2D eigenvalue weighted by molar-refractivity contribution is -0.140. The summed E-state index contributed by atoms with van der Waals surface area (Å²) in [4.78, 5) is 41.3. The van der Waals surface area contributed by atoms with Crippen LogP contribution in [0, 0.1) is 17.8 Å². The number of hydrogen-bond acceptors (Lipinski definition) is 4. The van der Waals surface area contributed by atoms with E-state index in [9.17, 15) is 14.4 Å². The van der Waals surface area contributed by atoms with Gasteiger partial charge in [0, 0.05) is 31.7 Å². The maximum Gasteiger partial charge on any atom is 0.233 e. The molecule has 0 bridgehead atoms. The first-order valence-electron chi connectivity index (χ1n) is 11.6. The van der Waals surface area contributed by atoms with Crippen LogP contribution in [0.15, 0.2) is 36.4 Å². The van der Waals surface area contributed by atoms with Crippen molar-refractivity contribution in [1.82, 2.24) is 10.2 Å². The molecule has 0 spiro atoms. The molecule has 0 radical (unpaired) electrons. The van der Waals surface area contributed by atoms with Gasteiger partial charge in [-0.25, -0.2) is 0 Å². The minimum absolute atomic E-state index is 0.122. The third kappa shape index (κ3) is 4.68. The summed E-state index contributed by atoms with van der Waals surface area (Å²) < 4.78 is 0. The Kier molecular flexibility index (Phi) is 6.44. The van der Waals surface area contributed by atoms with Crippen LogP contribution in [-0.2, 0) is 14.4 Å². The molecule has 1 aromatic carbocycles. The molecule has 3 amide bonds. The number of nitrogens with zero attached hydrogens (tertiary/aromatic N) is 2. The number of anilines is 1. The van der Waals surface area contributed by atoms with Crippen molar-refractivity contribution in [1.29, 1.82) is 0 Å². The number of piperidine rings is 1. The van der Waals surface area contributed by atoms with Crippen molar-refractivity contribution in [3.63, 3.8) is 0 Å². The lowest BCUT2D eigenvalue weighted by Gasteiger charge is -2.33. The van der Waals surface area contributed by atoms with Crippen LogP contribution in [0.25, 0.3) is 0 Å². The van der Waals surface area contributed by atoms with Gasteiger partial charge in [0.2, 0.25) is 17.7 Å². The fraction of sp³-hybridized carbons (Fsp3) is 0.560. The molecule has 3 aliphatic rings. The lowest BCUT2D eigenvalue weighted by atomic mass is 9.85. The molecular formula is C25H33N3O3. The van der Waals surface area contributed by atoms with Crippen molar-refractivity contribution in [2.75, 3.05) is 24.5 Å². The summed E-state index contributed by atoms with van der Waals surface area (Å²) >= 11 is 0. The van der Waals surface area contributed by atoms with Crippen LogP contribution in [0.5, 0.6) is 0 Å². The Bertz CT molecular complexity index is 837. The van der Waals surface area contributed by atoms with E-state index in [2.05, 4.69) is 41.4 Å². The number of carbonyl (C=O) groups excluding carboxylic acids is 3. The van der Waals surface area contributed by atoms with Gasteiger partial charge in [0.1, 0.15) is 0 Å². The monoisotopic (exact) mass is 423 g/mol. The highest BCUT2D eigenvalue weighted by molar-refractivity contribution is 6.05. The number of imide groups is 1. The summed E-state index contributed by atoms with van der Waals surface area (Å²) in [5.41, 5.74) is 2.28. The summed E-state index contributed by atoms with van der Waals surface area (Å²) in [6, 6.07) is 8.29. The van der Waals surface area contributed by atoms with E-state index in [1.807, 2.05) is 19.1 Å². The molecule has 4 atom stereocenters. The molecule has 31 heavy (non-hydrogen) atoms. The highest BCUT2D eigenvalue weighted by Gasteiger charge is 2.46. The Morgan fingerprint density at radius 3 is 2.35 bits per heavy atom. The molecular weight excluding hydrogens is 390 g/mol. The predicted octanol–water partition coefficient (Wildman–Crippen LogP) is 3.44. The largest absolute Gasteiger partial charge is 0.371 e. The average molecular weight is 424 g/mol. The fourth-order valence-electron chi connectivity index (χ4n) is 5.10. The van der Waals surface area contributed by atoms with E-state index in [1.165, 1.54) is 23.4 Å². The third-order valence-electron chi connectivity index (χ3n) is 6.95. The molecule has 2 saturated heterocycles. The highest BCUT2D eigenvalue weighted by atomic mass is 16.2. The normalized spacial score (nSPS) is 26.7. The minimum Gasteiger partial charge on any atom is -0.371 e. The van der Waals surface area contributed by atoms with Gasteiger partial charge in [-0.1, -0.05) is 31.2 Å². The SMILES string of the molecule is C[C@H]1CCCN(c2ccc([C@@H](C)NC(=O)CCN3C(=O)[C@H]4CC=CC[C@H]4C3=O)cc2)C1. The second-order valence-corrected chi connectivity index (χ2v) is 9.31. The molecule has 6 nitrogen and oxygen atoms in total. The Labute approximate surface area is 184 Å². The molecule has 1 N–H and O–H groups in total. The fourth-order valence-corrected chi connectivity index (χ4v) is 5.10. The number of fused-ring (bicyclic) bond motifs is 1. The zero-order valence-corrected chi connectivity index (χ0v) is 18.5. The highest BCUT2D eigenvalue weighted by Crippen LogP contribution is 2.35. The first-order valence-corrected chi connectivity index (χ1v) is 11.6. The number of carbonyl (C=O) groups is 3. The van der Waals surface area contributed by atoms with Crippen molar-refractivity contribution in [3.8, 4) is 0 Å². The van der Waals surface area contributed by atoms with E-state index in [-0.39, 0.29) is 48.6 Å². The molecule has 0 aromatic heterocycles. The number of hydrogen-bond donors (Lipinski definition) is 1. The summed E-state index contributed by atoms with van der Waals surface area (Å²) in [6.45, 7) is 6.61. The van der Waals surface area contributed by atoms with Gasteiger partial charge in [0.25, 0.3) is 0 Å². The minimum atomic E-state index is -0.235. The van der Waals surface area contributed by atoms with E-state index in [0.717, 1.165) is 24.6 Å². The van der Waals surface area contributed by atoms with E-state index in [4.69, 9.17) is 0 Å². The number of allylic oxidation sites excluding steroid dienone is 2. The summed E-state index contributed by atoms with van der Waals surface area (Å²) in [5.74, 6) is -0.135. The molecule has 166 valence electrons. The average Bonchev–Trinajstić information content (AvgIpc) is 3.02. The number of nitrogens with one attached hydrogen (secondary N) is 1. The second kappa shape index (κ2) is 9.25. The topological polar surface area (TPSA) is 69.7 Å². The lowest BCUT2D eigenvalue weighted by Crippen LogP contribution is -2.36. The van der Waals surface area contributed by atoms with Crippen LogP contribution >= 0.6 is 0 Å². The van der Waals surface area contributed by atoms with Crippen molar-refractivity contribution < 1.29 is 14.4 Å². The quantitative estimate of drug-likeness (QED) is 0.562. The Balaban J connectivity index is 1.28. The summed E-state index contributed by atoms with van der Waals surface area (Å²) in [6.07, 6.45) is 7.86. The number of rotatable bonds is 6. The molecule has 2 heterocycles. The van der Waals surface area contributed by atoms with Gasteiger partial charge >= 0.3 is 0 Å². The second-order valence-electron chi connectivity index (χ2n) is 9.31. The summed E-state index contributed by atoms with van der Waals surface area (Å²) in [7, 11) is 0. The number of likely N-dealkylation sites (tertiary alicyclic amines) is 1. The predicted molar refractivity (Wildman–Crippen MR) is 120 cm³/mol. The number of benzene rings is 1. The van der Waals surface area contributed by atoms with Crippen molar-refractivity contribution >= 4 is 23.4 Å². The van der Waals surface area contributed by atoms with Crippen molar-refractivity contribution in [3.05, 3.63) is 42.0 Å². The van der Waals surface area contributed by atoms with Gasteiger partial charge in [-0.15, -0.1) is 0 Å². The van der Waals surface area contributed by atoms with Gasteiger partial charge in [0.05, 0.1) is 17.9 Å². The maximum absolute atomic E-state index is 12.5. The van der Waals surface area contributed by atoms with Crippen LogP contribution in [0.2, 0.25) is 0 Å². The molecule has 4 rings (SSSR count). The van der Waals surface area contributed by atoms with E-state index in [0.29, 0.717) is 12.8 Å². The van der Waals surface area contributed by atoms with Crippen LogP contribution in [0.4, 0.5) is 5.69 Å². The van der Waals surface area contributed by atoms with Gasteiger partial charge in [-0.3, -0.25) is 19.3 Å². The van der Waals surface area contributed by atoms with Gasteiger partial charge in [-0.05, 0) is 56.2 Å². The Morgan fingerprint density at radius 1 is 1.10 bits per heavy atom. The van der Waals surface area contributed by atoms with Crippen molar-refractivity contribution in [2.24, 2.45) is 17.8 Å². The Hall–Kier alpha value is -2.63. The van der Waals surface area contributed by atoms with E-state index >= 15 is 0 Å². The summed E-state index contributed by atoms with van der Waals surface area (Å²) in [5, 5.41) is 3.00. The smallest absolute Gasteiger partial charge is 0.233 e. The van der Waals surface area contributed by atoms with E-state index < -0.39 is 0 Å². The van der Waals surface area contributed by atoms with Crippen molar-refractivity contribution in [2.45, 2.75) is 52.0 Å². The molecule has 0 saturated carbocycles. The first-order chi connectivity index (χ1) is 14.9. The number of amides is 3. The molecule has 2 aliphatic heterocycles. The van der Waals surface area contributed by atoms with Gasteiger partial charge in [0.15, 0.2) is 0 Å². The van der Waals surface area contributed by atoms with Crippen LogP contribution in [0.3, 0.4) is 0 Å². The molecule has 0 unspecified atom stereocenters. The zero-order valence-electron chi connectivity index (χ0n) is 18.5. The molecule has 2 fully saturated rings. The van der Waals surface area contributed by atoms with Gasteiger partial charge in [-0.2, -0.15) is 0 Å². The molecule has 1 aromatic rings. The third-order valence-corrected chi connectivity index (χ3v) is 6.95. The first kappa shape index (κ1) is 21.6. The van der Waals surface area contributed by atoms with E-state index in [1.54, 1.807) is 0 Å². The van der Waals surface area contributed by atoms with Gasteiger partial charge < -0.3 is 10.2 Å².